The van der Waals surface area contributed by atoms with Crippen LogP contribution in [0.25, 0.3) is 11.4 Å². The second-order valence-corrected chi connectivity index (χ2v) is 7.22. The molecule has 4 rings (SSSR count). The number of aromatic nitrogens is 2. The number of carbonyl (C=O) groups excluding carboxylic acids is 1. The van der Waals surface area contributed by atoms with Crippen LogP contribution in [0.3, 0.4) is 0 Å². The largest absolute Gasteiger partial charge is 0.519 e. The van der Waals surface area contributed by atoms with Crippen LogP contribution >= 0.6 is 0 Å². The molecule has 0 atom stereocenters. The van der Waals surface area contributed by atoms with Crippen LogP contribution in [0.4, 0.5) is 4.79 Å². The molecule has 2 aromatic rings. The lowest BCUT2D eigenvalue weighted by atomic mass is 9.84. The van der Waals surface area contributed by atoms with Crippen LogP contribution in [-0.2, 0) is 4.74 Å². The smallest absolute Gasteiger partial charge is 0.400 e. The van der Waals surface area contributed by atoms with Crippen molar-refractivity contribution in [1.82, 2.24) is 9.97 Å². The molecule has 2 aliphatic rings. The van der Waals surface area contributed by atoms with Gasteiger partial charge in [0.1, 0.15) is 5.76 Å². The third kappa shape index (κ3) is 4.54. The number of carbonyl (C=O) groups is 1. The van der Waals surface area contributed by atoms with Gasteiger partial charge in [-0.25, -0.2) is 14.8 Å². The fourth-order valence-corrected chi connectivity index (χ4v) is 3.82. The normalized spacial score (nSPS) is 17.4. The van der Waals surface area contributed by atoms with Crippen LogP contribution in [0, 0.1) is 0 Å². The zero-order valence-corrected chi connectivity index (χ0v) is 15.4. The maximum atomic E-state index is 11.8. The molecule has 0 bridgehead atoms. The van der Waals surface area contributed by atoms with Gasteiger partial charge in [0.2, 0.25) is 0 Å². The molecule has 1 aromatic carbocycles. The summed E-state index contributed by atoms with van der Waals surface area (Å²) in [7, 11) is 0. The predicted molar refractivity (Wildman–Crippen MR) is 102 cm³/mol. The highest BCUT2D eigenvalue weighted by Crippen LogP contribution is 2.33. The molecule has 140 valence electrons. The summed E-state index contributed by atoms with van der Waals surface area (Å²) in [6.45, 7) is 0. The van der Waals surface area contributed by atoms with E-state index in [1.54, 1.807) is 0 Å². The van der Waals surface area contributed by atoms with Crippen molar-refractivity contribution in [1.29, 1.82) is 0 Å². The van der Waals surface area contributed by atoms with Gasteiger partial charge in [-0.15, -0.1) is 0 Å². The summed E-state index contributed by atoms with van der Waals surface area (Å²) < 4.78 is 10.3. The Labute approximate surface area is 159 Å². The van der Waals surface area contributed by atoms with Crippen molar-refractivity contribution in [2.24, 2.45) is 0 Å². The van der Waals surface area contributed by atoms with E-state index in [-0.39, 0.29) is 5.75 Å². The van der Waals surface area contributed by atoms with E-state index < -0.39 is 6.16 Å². The van der Waals surface area contributed by atoms with Gasteiger partial charge in [-0.2, -0.15) is 0 Å². The van der Waals surface area contributed by atoms with E-state index in [0.717, 1.165) is 24.8 Å². The molecule has 2 aliphatic carbocycles. The van der Waals surface area contributed by atoms with Crippen molar-refractivity contribution in [2.75, 3.05) is 0 Å². The first-order valence-electron chi connectivity index (χ1n) is 9.79. The lowest BCUT2D eigenvalue weighted by Gasteiger charge is -2.22. The van der Waals surface area contributed by atoms with Crippen molar-refractivity contribution in [3.8, 4) is 17.1 Å². The molecule has 0 radical (unpaired) electrons. The molecular weight excluding hydrogens is 340 g/mol. The van der Waals surface area contributed by atoms with Crippen molar-refractivity contribution in [3.63, 3.8) is 0 Å². The van der Waals surface area contributed by atoms with Crippen molar-refractivity contribution in [3.05, 3.63) is 54.1 Å². The summed E-state index contributed by atoms with van der Waals surface area (Å²) in [5.74, 6) is 2.26. The van der Waals surface area contributed by atoms with Crippen molar-refractivity contribution >= 4 is 6.16 Å². The van der Waals surface area contributed by atoms with Crippen LogP contribution in [-0.4, -0.2) is 16.1 Å². The third-order valence-corrected chi connectivity index (χ3v) is 5.29. The van der Waals surface area contributed by atoms with Gasteiger partial charge >= 0.3 is 6.16 Å². The minimum absolute atomic E-state index is 0.279. The van der Waals surface area contributed by atoms with E-state index in [0.29, 0.717) is 17.5 Å². The summed E-state index contributed by atoms with van der Waals surface area (Å²) in [4.78, 5) is 20.4. The standard InChI is InChI=1S/C22H24N2O3/c25-22(26-19-8-4-5-9-19)27-20-14-23-21(24-15-20)18-12-10-17(11-13-18)16-6-2-1-3-7-16/h8,10-16H,1-7,9H2. The van der Waals surface area contributed by atoms with Gasteiger partial charge in [0.25, 0.3) is 0 Å². The number of hydrogen-bond acceptors (Lipinski definition) is 5. The summed E-state index contributed by atoms with van der Waals surface area (Å²) >= 11 is 0. The molecule has 0 saturated heterocycles. The number of allylic oxidation sites excluding steroid dienone is 2. The first-order chi connectivity index (χ1) is 13.3. The third-order valence-electron chi connectivity index (χ3n) is 5.29. The van der Waals surface area contributed by atoms with Gasteiger partial charge in [0.15, 0.2) is 11.6 Å². The summed E-state index contributed by atoms with van der Waals surface area (Å²) in [5, 5.41) is 0. The van der Waals surface area contributed by atoms with Gasteiger partial charge in [0.05, 0.1) is 12.4 Å². The quantitative estimate of drug-likeness (QED) is 0.644. The van der Waals surface area contributed by atoms with Gasteiger partial charge < -0.3 is 9.47 Å². The second-order valence-electron chi connectivity index (χ2n) is 7.22. The van der Waals surface area contributed by atoms with E-state index in [2.05, 4.69) is 34.2 Å². The Morgan fingerprint density at radius 1 is 0.926 bits per heavy atom. The van der Waals surface area contributed by atoms with Crippen LogP contribution < -0.4 is 4.74 Å². The van der Waals surface area contributed by atoms with Gasteiger partial charge in [-0.1, -0.05) is 43.5 Å². The maximum Gasteiger partial charge on any atom is 0.519 e. The Kier molecular flexibility index (Phi) is 5.47. The monoisotopic (exact) mass is 364 g/mol. The van der Waals surface area contributed by atoms with E-state index in [9.17, 15) is 4.79 Å². The van der Waals surface area contributed by atoms with E-state index in [1.807, 2.05) is 6.08 Å². The van der Waals surface area contributed by atoms with E-state index >= 15 is 0 Å². The first-order valence-corrected chi connectivity index (χ1v) is 9.79. The number of nitrogens with zero attached hydrogens (tertiary/aromatic N) is 2. The van der Waals surface area contributed by atoms with Gasteiger partial charge in [0, 0.05) is 12.0 Å². The van der Waals surface area contributed by atoms with E-state index in [1.165, 1.54) is 50.1 Å². The summed E-state index contributed by atoms with van der Waals surface area (Å²) in [6.07, 6.45) is 13.5. The van der Waals surface area contributed by atoms with Gasteiger partial charge in [-0.05, 0) is 43.2 Å². The number of hydrogen-bond donors (Lipinski definition) is 0. The molecule has 1 heterocycles. The molecule has 5 heteroatoms. The molecule has 0 unspecified atom stereocenters. The highest BCUT2D eigenvalue weighted by Gasteiger charge is 2.16. The minimum atomic E-state index is -0.740. The predicted octanol–water partition coefficient (Wildman–Crippen LogP) is 5.77. The zero-order valence-electron chi connectivity index (χ0n) is 15.4. The number of benzene rings is 1. The molecule has 5 nitrogen and oxygen atoms in total. The Bertz CT molecular complexity index is 806. The van der Waals surface area contributed by atoms with Crippen LogP contribution in [0.1, 0.15) is 62.8 Å². The number of rotatable bonds is 4. The Hall–Kier alpha value is -2.69. The van der Waals surface area contributed by atoms with Gasteiger partial charge in [-0.3, -0.25) is 0 Å². The topological polar surface area (TPSA) is 61.3 Å². The molecule has 0 N–H and O–H groups in total. The fourth-order valence-electron chi connectivity index (χ4n) is 3.82. The zero-order chi connectivity index (χ0) is 18.5. The average molecular weight is 364 g/mol. The van der Waals surface area contributed by atoms with Crippen LogP contribution in [0.15, 0.2) is 48.5 Å². The van der Waals surface area contributed by atoms with Crippen LogP contribution in [0.5, 0.6) is 5.75 Å². The number of ether oxygens (including phenoxy) is 2. The highest BCUT2D eigenvalue weighted by atomic mass is 16.7. The molecule has 27 heavy (non-hydrogen) atoms. The Balaban J connectivity index is 1.37. The Morgan fingerprint density at radius 3 is 2.33 bits per heavy atom. The molecule has 1 saturated carbocycles. The second kappa shape index (κ2) is 8.33. The molecule has 0 spiro atoms. The van der Waals surface area contributed by atoms with E-state index in [4.69, 9.17) is 9.47 Å². The van der Waals surface area contributed by atoms with Crippen molar-refractivity contribution in [2.45, 2.75) is 57.3 Å². The Morgan fingerprint density at radius 2 is 1.67 bits per heavy atom. The molecule has 0 amide bonds. The van der Waals surface area contributed by atoms with Crippen molar-refractivity contribution < 1.29 is 14.3 Å². The SMILES string of the molecule is O=C(OC1=CCCC1)Oc1cnc(-c2ccc(C3CCCCC3)cc2)nc1. The lowest BCUT2D eigenvalue weighted by molar-refractivity contribution is 0.124. The minimum Gasteiger partial charge on any atom is -0.400 e. The molecule has 1 aromatic heterocycles. The maximum absolute atomic E-state index is 11.8. The molecule has 1 fully saturated rings. The first kappa shape index (κ1) is 17.7. The molecular formula is C22H24N2O3. The summed E-state index contributed by atoms with van der Waals surface area (Å²) in [6, 6.07) is 8.51. The summed E-state index contributed by atoms with van der Waals surface area (Å²) in [5.41, 5.74) is 2.36. The fraction of sp³-hybridized carbons (Fsp3) is 0.409. The lowest BCUT2D eigenvalue weighted by Crippen LogP contribution is -2.10. The molecule has 0 aliphatic heterocycles. The highest BCUT2D eigenvalue weighted by molar-refractivity contribution is 5.65. The average Bonchev–Trinajstić information content (AvgIpc) is 3.22. The van der Waals surface area contributed by atoms with Crippen LogP contribution in [0.2, 0.25) is 0 Å².